The lowest BCUT2D eigenvalue weighted by Gasteiger charge is -2.37. The van der Waals surface area contributed by atoms with Gasteiger partial charge in [-0.1, -0.05) is 59.6 Å². The number of halogens is 2. The lowest BCUT2D eigenvalue weighted by molar-refractivity contribution is 0.205. The van der Waals surface area contributed by atoms with Gasteiger partial charge in [-0.15, -0.1) is 0 Å². The number of rotatable bonds is 7. The van der Waals surface area contributed by atoms with Gasteiger partial charge in [-0.25, -0.2) is 4.79 Å². The van der Waals surface area contributed by atoms with Crippen LogP contribution in [-0.2, 0) is 6.54 Å². The molecule has 1 aliphatic carbocycles. The van der Waals surface area contributed by atoms with Crippen LogP contribution < -0.4 is 15.5 Å². The predicted molar refractivity (Wildman–Crippen MR) is 137 cm³/mol. The van der Waals surface area contributed by atoms with E-state index in [1.165, 1.54) is 19.3 Å². The third-order valence-corrected chi connectivity index (χ3v) is 7.78. The zero-order valence-electron chi connectivity index (χ0n) is 19.1. The molecular formula is C26H34Cl2N4O. The van der Waals surface area contributed by atoms with Gasteiger partial charge in [0.2, 0.25) is 0 Å². The Bertz CT molecular complexity index is 894. The van der Waals surface area contributed by atoms with Crippen molar-refractivity contribution < 1.29 is 4.79 Å². The van der Waals surface area contributed by atoms with Crippen LogP contribution >= 0.6 is 23.2 Å². The molecule has 5 nitrogen and oxygen atoms in total. The van der Waals surface area contributed by atoms with Gasteiger partial charge < -0.3 is 15.5 Å². The number of anilines is 1. The first-order valence-electron chi connectivity index (χ1n) is 12.1. The molecule has 0 aromatic heterocycles. The molecule has 1 saturated heterocycles. The maximum Gasteiger partial charge on any atom is 0.315 e. The molecule has 0 radical (unpaired) electrons. The molecule has 0 unspecified atom stereocenters. The van der Waals surface area contributed by atoms with Crippen molar-refractivity contribution in [2.24, 2.45) is 5.92 Å². The van der Waals surface area contributed by atoms with Crippen molar-refractivity contribution in [3.05, 3.63) is 64.1 Å². The highest BCUT2D eigenvalue weighted by Gasteiger charge is 2.24. The van der Waals surface area contributed by atoms with Gasteiger partial charge in [0.1, 0.15) is 0 Å². The number of nitrogens with one attached hydrogen (secondary N) is 2. The fourth-order valence-electron chi connectivity index (χ4n) is 4.92. The van der Waals surface area contributed by atoms with Crippen LogP contribution in [0.25, 0.3) is 0 Å². The van der Waals surface area contributed by atoms with Gasteiger partial charge in [0, 0.05) is 38.8 Å². The van der Waals surface area contributed by atoms with E-state index in [1.807, 2.05) is 42.5 Å². The van der Waals surface area contributed by atoms with Gasteiger partial charge >= 0.3 is 6.03 Å². The van der Waals surface area contributed by atoms with E-state index in [0.717, 1.165) is 62.7 Å². The Hall–Kier alpha value is -1.95. The highest BCUT2D eigenvalue weighted by Crippen LogP contribution is 2.33. The van der Waals surface area contributed by atoms with Crippen LogP contribution in [-0.4, -0.2) is 49.7 Å². The van der Waals surface area contributed by atoms with Crippen molar-refractivity contribution in [2.75, 3.05) is 37.6 Å². The Morgan fingerprint density at radius 2 is 1.64 bits per heavy atom. The molecule has 2 aliphatic rings. The first-order valence-corrected chi connectivity index (χ1v) is 12.8. The predicted octanol–water partition coefficient (Wildman–Crippen LogP) is 5.56. The standard InChI is InChI=1S/C26H34Cl2N4O/c27-23-7-4-8-24(25(23)28)32-17-15-31(16-18-32)14-13-20-9-11-22(12-10-20)30-26(33)29-19-21-5-2-1-3-6-21/h1-8,20,22H,9-19H2,(H2,29,30,33)/t20-,22-. The molecule has 0 atom stereocenters. The van der Waals surface area contributed by atoms with Crippen molar-refractivity contribution >= 4 is 34.9 Å². The number of hydrogen-bond acceptors (Lipinski definition) is 3. The molecule has 1 saturated carbocycles. The maximum absolute atomic E-state index is 12.2. The molecule has 178 valence electrons. The molecule has 0 bridgehead atoms. The summed E-state index contributed by atoms with van der Waals surface area (Å²) in [5, 5.41) is 7.41. The third-order valence-electron chi connectivity index (χ3n) is 6.98. The summed E-state index contributed by atoms with van der Waals surface area (Å²) in [6, 6.07) is 16.1. The highest BCUT2D eigenvalue weighted by molar-refractivity contribution is 6.43. The SMILES string of the molecule is O=C(NCc1ccccc1)N[C@H]1CC[C@H](CCN2CCN(c3cccc(Cl)c3Cl)CC2)CC1. The first-order chi connectivity index (χ1) is 16.1. The number of carbonyl (C=O) groups is 1. The Labute approximate surface area is 207 Å². The third kappa shape index (κ3) is 7.02. The van der Waals surface area contributed by atoms with Crippen molar-refractivity contribution in [1.82, 2.24) is 15.5 Å². The number of nitrogens with zero attached hydrogens (tertiary/aromatic N) is 2. The summed E-state index contributed by atoms with van der Waals surface area (Å²) < 4.78 is 0. The number of hydrogen-bond donors (Lipinski definition) is 2. The van der Waals surface area contributed by atoms with E-state index in [4.69, 9.17) is 23.2 Å². The van der Waals surface area contributed by atoms with Crippen molar-refractivity contribution in [1.29, 1.82) is 0 Å². The van der Waals surface area contributed by atoms with Crippen molar-refractivity contribution in [2.45, 2.75) is 44.7 Å². The average molecular weight is 489 g/mol. The van der Waals surface area contributed by atoms with Gasteiger partial charge in [0.15, 0.2) is 0 Å². The molecule has 2 amide bonds. The van der Waals surface area contributed by atoms with E-state index in [0.29, 0.717) is 22.6 Å². The molecule has 7 heteroatoms. The quantitative estimate of drug-likeness (QED) is 0.535. The van der Waals surface area contributed by atoms with Crippen LogP contribution in [0.4, 0.5) is 10.5 Å². The van der Waals surface area contributed by atoms with Gasteiger partial charge in [-0.2, -0.15) is 0 Å². The largest absolute Gasteiger partial charge is 0.368 e. The van der Waals surface area contributed by atoms with Crippen LogP contribution in [0.2, 0.25) is 10.0 Å². The molecule has 2 aromatic rings. The summed E-state index contributed by atoms with van der Waals surface area (Å²) in [5.74, 6) is 0.760. The average Bonchev–Trinajstić information content (AvgIpc) is 2.85. The second-order valence-corrected chi connectivity index (χ2v) is 10.0. The lowest BCUT2D eigenvalue weighted by atomic mass is 9.84. The van der Waals surface area contributed by atoms with Crippen LogP contribution in [0, 0.1) is 5.92 Å². The summed E-state index contributed by atoms with van der Waals surface area (Å²) in [4.78, 5) is 17.1. The zero-order valence-corrected chi connectivity index (χ0v) is 20.6. The topological polar surface area (TPSA) is 47.6 Å². The van der Waals surface area contributed by atoms with E-state index in [9.17, 15) is 4.79 Å². The Morgan fingerprint density at radius 1 is 0.909 bits per heavy atom. The van der Waals surface area contributed by atoms with Crippen LogP contribution in [0.15, 0.2) is 48.5 Å². The fraction of sp³-hybridized carbons (Fsp3) is 0.500. The molecule has 2 aromatic carbocycles. The summed E-state index contributed by atoms with van der Waals surface area (Å²) in [7, 11) is 0. The number of piperazine rings is 1. The maximum atomic E-state index is 12.2. The lowest BCUT2D eigenvalue weighted by Crippen LogP contribution is -2.47. The van der Waals surface area contributed by atoms with E-state index in [2.05, 4.69) is 26.5 Å². The number of benzene rings is 2. The van der Waals surface area contributed by atoms with E-state index < -0.39 is 0 Å². The van der Waals surface area contributed by atoms with Gasteiger partial charge in [0.25, 0.3) is 0 Å². The molecule has 2 fully saturated rings. The van der Waals surface area contributed by atoms with Gasteiger partial charge in [-0.3, -0.25) is 4.90 Å². The number of urea groups is 1. The van der Waals surface area contributed by atoms with Crippen LogP contribution in [0.3, 0.4) is 0 Å². The molecule has 1 aliphatic heterocycles. The molecular weight excluding hydrogens is 455 g/mol. The molecule has 0 spiro atoms. The minimum atomic E-state index is -0.0556. The van der Waals surface area contributed by atoms with Crippen molar-refractivity contribution in [3.8, 4) is 0 Å². The monoisotopic (exact) mass is 488 g/mol. The second-order valence-electron chi connectivity index (χ2n) is 9.22. The van der Waals surface area contributed by atoms with Crippen LogP contribution in [0.5, 0.6) is 0 Å². The minimum absolute atomic E-state index is 0.0556. The highest BCUT2D eigenvalue weighted by atomic mass is 35.5. The van der Waals surface area contributed by atoms with E-state index >= 15 is 0 Å². The van der Waals surface area contributed by atoms with Gasteiger partial charge in [0.05, 0.1) is 15.7 Å². The van der Waals surface area contributed by atoms with E-state index in [1.54, 1.807) is 0 Å². The Kier molecular flexibility index (Phi) is 8.76. The molecule has 33 heavy (non-hydrogen) atoms. The van der Waals surface area contributed by atoms with E-state index in [-0.39, 0.29) is 6.03 Å². The minimum Gasteiger partial charge on any atom is -0.368 e. The fourth-order valence-corrected chi connectivity index (χ4v) is 5.34. The Morgan fingerprint density at radius 3 is 2.36 bits per heavy atom. The first kappa shape index (κ1) is 24.2. The summed E-state index contributed by atoms with van der Waals surface area (Å²) >= 11 is 12.6. The summed E-state index contributed by atoms with van der Waals surface area (Å²) in [6.45, 7) is 5.79. The summed E-state index contributed by atoms with van der Waals surface area (Å²) in [5.41, 5.74) is 2.16. The molecule has 2 N–H and O–H groups in total. The Balaban J connectivity index is 1.11. The second kappa shape index (κ2) is 12.0. The van der Waals surface area contributed by atoms with Crippen LogP contribution in [0.1, 0.15) is 37.7 Å². The number of amides is 2. The summed E-state index contributed by atoms with van der Waals surface area (Å²) in [6.07, 6.45) is 5.78. The van der Waals surface area contributed by atoms with Gasteiger partial charge in [-0.05, 0) is 62.3 Å². The normalized spacial score (nSPS) is 21.6. The smallest absolute Gasteiger partial charge is 0.315 e. The molecule has 4 rings (SSSR count). The number of carbonyl (C=O) groups excluding carboxylic acids is 1. The zero-order chi connectivity index (χ0) is 23.0. The van der Waals surface area contributed by atoms with Crippen molar-refractivity contribution in [3.63, 3.8) is 0 Å². The molecule has 1 heterocycles.